The fourth-order valence-corrected chi connectivity index (χ4v) is 1.41. The molecule has 2 nitrogen and oxygen atoms in total. The van der Waals surface area contributed by atoms with Crippen LogP contribution in [-0.4, -0.2) is 48.8 Å². The standard InChI is InChI=1S/C11H8O2.Ca.Fe.2H/c12-11(13)10-7-3-5-8-4-1-2-6-9(8)10;;;;/h1-7H,(H,12,13);;;;. The molecule has 0 heterocycles. The van der Waals surface area contributed by atoms with E-state index in [1.165, 1.54) is 0 Å². The quantitative estimate of drug-likeness (QED) is 0.799. The number of benzene rings is 2. The van der Waals surface area contributed by atoms with Crippen LogP contribution >= 0.6 is 0 Å². The maximum Gasteiger partial charge on any atom is 0 e. The Morgan fingerprint density at radius 3 is 2.27 bits per heavy atom. The molecule has 0 aromatic heterocycles. The molecular formula is C11H10CaFeO2. The van der Waals surface area contributed by atoms with E-state index in [1.807, 2.05) is 30.3 Å². The van der Waals surface area contributed by atoms with Crippen molar-refractivity contribution in [2.75, 3.05) is 0 Å². The van der Waals surface area contributed by atoms with Gasteiger partial charge in [0.2, 0.25) is 0 Å². The number of carbonyl (C=O) groups is 1. The van der Waals surface area contributed by atoms with Crippen LogP contribution in [0.15, 0.2) is 42.5 Å². The molecule has 1 N–H and O–H groups in total. The third-order valence-corrected chi connectivity index (χ3v) is 2.02. The number of hydrogen-bond donors (Lipinski definition) is 1. The second kappa shape index (κ2) is 6.51. The van der Waals surface area contributed by atoms with E-state index >= 15 is 0 Å². The van der Waals surface area contributed by atoms with E-state index in [9.17, 15) is 4.79 Å². The fourth-order valence-electron chi connectivity index (χ4n) is 1.41. The molecule has 15 heavy (non-hydrogen) atoms. The number of rotatable bonds is 1. The summed E-state index contributed by atoms with van der Waals surface area (Å²) >= 11 is 0. The van der Waals surface area contributed by atoms with E-state index in [2.05, 4.69) is 0 Å². The fraction of sp³-hybridized carbons (Fsp3) is 0. The van der Waals surface area contributed by atoms with Crippen LogP contribution in [0.5, 0.6) is 0 Å². The average molecular weight is 270 g/mol. The predicted octanol–water partition coefficient (Wildman–Crippen LogP) is 1.62. The summed E-state index contributed by atoms with van der Waals surface area (Å²) < 4.78 is 0. The Morgan fingerprint density at radius 1 is 1.00 bits per heavy atom. The van der Waals surface area contributed by atoms with E-state index in [4.69, 9.17) is 5.11 Å². The first-order valence-electron chi connectivity index (χ1n) is 4.00. The van der Waals surface area contributed by atoms with E-state index in [1.54, 1.807) is 12.1 Å². The van der Waals surface area contributed by atoms with Crippen LogP contribution in [0.2, 0.25) is 0 Å². The van der Waals surface area contributed by atoms with Crippen LogP contribution in [0.1, 0.15) is 10.4 Å². The molecule has 2 aromatic rings. The van der Waals surface area contributed by atoms with Crippen LogP contribution < -0.4 is 0 Å². The van der Waals surface area contributed by atoms with Crippen molar-refractivity contribution in [3.05, 3.63) is 48.0 Å². The number of carboxylic acid groups (broad SMARTS) is 1. The van der Waals surface area contributed by atoms with Gasteiger partial charge in [-0.15, -0.1) is 0 Å². The summed E-state index contributed by atoms with van der Waals surface area (Å²) in [6.07, 6.45) is 0. The minimum Gasteiger partial charge on any atom is 0 e. The van der Waals surface area contributed by atoms with Crippen LogP contribution in [0, 0.1) is 0 Å². The molecule has 0 radical (unpaired) electrons. The Morgan fingerprint density at radius 2 is 1.60 bits per heavy atom. The van der Waals surface area contributed by atoms with Gasteiger partial charge in [-0.25, -0.2) is 4.79 Å². The van der Waals surface area contributed by atoms with Crippen molar-refractivity contribution in [1.29, 1.82) is 0 Å². The Hall–Kier alpha value is -0.0508. The van der Waals surface area contributed by atoms with E-state index < -0.39 is 5.97 Å². The van der Waals surface area contributed by atoms with Gasteiger partial charge in [-0.2, -0.15) is 0 Å². The first-order chi connectivity index (χ1) is 6.29. The minimum absolute atomic E-state index is 0. The zero-order chi connectivity index (χ0) is 9.26. The van der Waals surface area contributed by atoms with Gasteiger partial charge in [0.1, 0.15) is 0 Å². The van der Waals surface area contributed by atoms with Gasteiger partial charge in [0.25, 0.3) is 0 Å². The normalized spacial score (nSPS) is 8.80. The Balaban J connectivity index is 0.000000980. The molecule has 4 heteroatoms. The maximum absolute atomic E-state index is 10.8. The summed E-state index contributed by atoms with van der Waals surface area (Å²) in [5, 5.41) is 10.6. The monoisotopic (exact) mass is 270 g/mol. The van der Waals surface area contributed by atoms with E-state index in [0.29, 0.717) is 5.56 Å². The molecule has 2 rings (SSSR count). The Labute approximate surface area is 128 Å². The van der Waals surface area contributed by atoms with Crippen molar-refractivity contribution in [1.82, 2.24) is 0 Å². The molecule has 0 aliphatic rings. The second-order valence-corrected chi connectivity index (χ2v) is 2.83. The van der Waals surface area contributed by atoms with Crippen molar-refractivity contribution >= 4 is 54.5 Å². The summed E-state index contributed by atoms with van der Waals surface area (Å²) in [7, 11) is 0. The van der Waals surface area contributed by atoms with Gasteiger partial charge in [-0.05, 0) is 16.8 Å². The zero-order valence-electron chi connectivity index (χ0n) is 7.25. The number of fused-ring (bicyclic) bond motifs is 1. The van der Waals surface area contributed by atoms with Gasteiger partial charge < -0.3 is 5.11 Å². The molecule has 0 aliphatic carbocycles. The topological polar surface area (TPSA) is 37.3 Å². The van der Waals surface area contributed by atoms with Crippen molar-refractivity contribution in [2.45, 2.75) is 0 Å². The minimum atomic E-state index is -0.878. The zero-order valence-corrected chi connectivity index (χ0v) is 8.35. The predicted molar refractivity (Wildman–Crippen MR) is 59.5 cm³/mol. The molecule has 76 valence electrons. The SMILES string of the molecule is O=C(O)c1cccc2ccccc12.[CaH2].[Fe]. The summed E-state index contributed by atoms with van der Waals surface area (Å²) in [5.74, 6) is -0.878. The summed E-state index contributed by atoms with van der Waals surface area (Å²) in [5.41, 5.74) is 0.359. The van der Waals surface area contributed by atoms with Crippen molar-refractivity contribution in [3.8, 4) is 0 Å². The number of aromatic carboxylic acids is 1. The summed E-state index contributed by atoms with van der Waals surface area (Å²) in [6, 6.07) is 12.7. The molecule has 0 fully saturated rings. The molecule has 0 spiro atoms. The van der Waals surface area contributed by atoms with Gasteiger partial charge in [0.05, 0.1) is 5.56 Å². The van der Waals surface area contributed by atoms with Crippen molar-refractivity contribution in [2.24, 2.45) is 0 Å². The average Bonchev–Trinajstić information content (AvgIpc) is 2.17. The number of hydrogen-bond acceptors (Lipinski definition) is 1. The first-order valence-corrected chi connectivity index (χ1v) is 4.00. The molecular weight excluding hydrogens is 260 g/mol. The molecule has 0 saturated carbocycles. The van der Waals surface area contributed by atoms with Gasteiger partial charge >= 0.3 is 43.7 Å². The Kier molecular flexibility index (Phi) is 6.49. The molecule has 0 aliphatic heterocycles. The second-order valence-electron chi connectivity index (χ2n) is 2.83. The van der Waals surface area contributed by atoms with Crippen molar-refractivity contribution < 1.29 is 27.0 Å². The van der Waals surface area contributed by atoms with Gasteiger partial charge in [0, 0.05) is 17.1 Å². The van der Waals surface area contributed by atoms with Gasteiger partial charge in [-0.3, -0.25) is 0 Å². The maximum atomic E-state index is 10.8. The van der Waals surface area contributed by atoms with E-state index in [0.717, 1.165) is 10.8 Å². The van der Waals surface area contributed by atoms with Crippen LogP contribution in [0.25, 0.3) is 10.8 Å². The van der Waals surface area contributed by atoms with Gasteiger partial charge in [0.15, 0.2) is 0 Å². The third-order valence-electron chi connectivity index (χ3n) is 2.02. The third kappa shape index (κ3) is 3.20. The van der Waals surface area contributed by atoms with Crippen LogP contribution in [-0.2, 0) is 17.1 Å². The Bertz CT molecular complexity index is 466. The molecule has 0 atom stereocenters. The van der Waals surface area contributed by atoms with E-state index in [-0.39, 0.29) is 54.8 Å². The number of carboxylic acids is 1. The molecule has 0 bridgehead atoms. The van der Waals surface area contributed by atoms with Crippen molar-refractivity contribution in [3.63, 3.8) is 0 Å². The summed E-state index contributed by atoms with van der Waals surface area (Å²) in [4.78, 5) is 10.8. The largest absolute Gasteiger partial charge is 0 e. The summed E-state index contributed by atoms with van der Waals surface area (Å²) in [6.45, 7) is 0. The van der Waals surface area contributed by atoms with Gasteiger partial charge in [-0.1, -0.05) is 36.4 Å². The molecule has 0 amide bonds. The molecule has 0 saturated heterocycles. The van der Waals surface area contributed by atoms with Crippen LogP contribution in [0.4, 0.5) is 0 Å². The van der Waals surface area contributed by atoms with Crippen LogP contribution in [0.3, 0.4) is 0 Å². The molecule has 0 unspecified atom stereocenters. The smallest absolute Gasteiger partial charge is 0 e. The molecule has 2 aromatic carbocycles. The first kappa shape index (κ1) is 14.9.